The number of amides is 6. The van der Waals surface area contributed by atoms with Crippen molar-refractivity contribution in [1.29, 1.82) is 0 Å². The third-order valence-corrected chi connectivity index (χ3v) is 11.3. The Balaban J connectivity index is 1.29. The number of likely N-dealkylation sites (N-methyl/N-ethyl adjacent to an activating group) is 1. The van der Waals surface area contributed by atoms with Crippen molar-refractivity contribution in [3.63, 3.8) is 0 Å². The van der Waals surface area contributed by atoms with Gasteiger partial charge in [0.15, 0.2) is 0 Å². The molecule has 1 aliphatic rings. The van der Waals surface area contributed by atoms with Crippen molar-refractivity contribution < 1.29 is 43.8 Å². The predicted octanol–water partition coefficient (Wildman–Crippen LogP) is 3.49. The van der Waals surface area contributed by atoms with E-state index in [2.05, 4.69) is 36.8 Å². The van der Waals surface area contributed by atoms with Crippen LogP contribution in [0.4, 0.5) is 5.82 Å². The highest BCUT2D eigenvalue weighted by Gasteiger charge is 2.36. The third-order valence-electron chi connectivity index (χ3n) is 11.1. The lowest BCUT2D eigenvalue weighted by molar-refractivity contribution is -0.141. The number of hydrogen-bond acceptors (Lipinski definition) is 11. The number of anilines is 1. The Kier molecular flexibility index (Phi) is 15.5. The van der Waals surface area contributed by atoms with Gasteiger partial charge in [-0.3, -0.25) is 38.7 Å². The zero-order valence-corrected chi connectivity index (χ0v) is 37.0. The number of aromatic nitrogens is 2. The van der Waals surface area contributed by atoms with Gasteiger partial charge in [0.2, 0.25) is 29.4 Å². The number of nitrogens with one attached hydrogen (secondary N) is 6. The molecule has 0 aliphatic carbocycles. The molecule has 0 spiro atoms. The number of benzene rings is 4. The summed E-state index contributed by atoms with van der Waals surface area (Å²) in [5.41, 5.74) is 8.51. The molecule has 0 fully saturated rings. The Morgan fingerprint density at radius 2 is 1.50 bits per heavy atom. The van der Waals surface area contributed by atoms with Crippen LogP contribution in [0, 0.1) is 0 Å². The minimum atomic E-state index is -1.48. The van der Waals surface area contributed by atoms with E-state index in [0.717, 1.165) is 16.0 Å². The van der Waals surface area contributed by atoms with Crippen molar-refractivity contribution in [2.75, 3.05) is 18.9 Å². The van der Waals surface area contributed by atoms with Crippen LogP contribution in [0.5, 0.6) is 11.5 Å². The number of nitrogens with zero attached hydrogens (tertiary/aromatic N) is 2. The number of rotatable bonds is 14. The molecule has 66 heavy (non-hydrogen) atoms. The molecule has 1 aliphatic heterocycles. The first kappa shape index (κ1) is 47.9. The summed E-state index contributed by atoms with van der Waals surface area (Å²) in [6.07, 6.45) is 2.31. The van der Waals surface area contributed by atoms with Crippen molar-refractivity contribution in [2.24, 2.45) is 5.73 Å². The van der Waals surface area contributed by atoms with Gasteiger partial charge in [0.05, 0.1) is 12.2 Å². The minimum Gasteiger partial charge on any atom is -0.507 e. The molecule has 6 rings (SSSR count). The first-order chi connectivity index (χ1) is 31.5. The van der Waals surface area contributed by atoms with E-state index in [0.29, 0.717) is 30.0 Å². The second-order valence-electron chi connectivity index (χ2n) is 15.9. The summed E-state index contributed by atoms with van der Waals surface area (Å²) in [6, 6.07) is 17.2. The van der Waals surface area contributed by atoms with E-state index >= 15 is 0 Å². The molecule has 4 bridgehead atoms. The molecule has 0 unspecified atom stereocenters. The third kappa shape index (κ3) is 11.6. The number of ketones is 1. The quantitative estimate of drug-likeness (QED) is 0.0575. The molecular formula is C47H50ClN9O9. The highest BCUT2D eigenvalue weighted by molar-refractivity contribution is 6.42. The average Bonchev–Trinajstić information content (AvgIpc) is 3.82. The lowest BCUT2D eigenvalue weighted by Gasteiger charge is -2.32. The Morgan fingerprint density at radius 3 is 2.15 bits per heavy atom. The van der Waals surface area contributed by atoms with Gasteiger partial charge in [-0.05, 0) is 110 Å². The van der Waals surface area contributed by atoms with E-state index < -0.39 is 71.4 Å². The Labute approximate surface area is 384 Å². The van der Waals surface area contributed by atoms with E-state index in [1.807, 2.05) is 12.1 Å². The summed E-state index contributed by atoms with van der Waals surface area (Å²) < 4.78 is 0. The maximum absolute atomic E-state index is 14.6. The second-order valence-corrected chi connectivity index (χ2v) is 16.3. The lowest BCUT2D eigenvalue weighted by atomic mass is 9.93. The number of aromatic amines is 1. The smallest absolute Gasteiger partial charge is 0.295 e. The van der Waals surface area contributed by atoms with E-state index in [-0.39, 0.29) is 52.4 Å². The number of fused-ring (bicyclic) bond motifs is 5. The highest BCUT2D eigenvalue weighted by atomic mass is 35.5. The SMILES string of the molecule is C[C@@H]1NC(=O)[C@@H](N(C)C(=O)[C@H](CCCCN)NC(=O)c2ccc(-c3ccc(Cl)cc3)cc2)c2ccc(O)c(c2)-c2cc(ccc2O)C[C@@H](C(=O)N[C@@H](C)C(=O)C(=O)Nc2ccn[nH]2)NC1=O. The van der Waals surface area contributed by atoms with Gasteiger partial charge in [-0.2, -0.15) is 5.10 Å². The molecule has 6 amide bonds. The predicted molar refractivity (Wildman–Crippen MR) is 245 cm³/mol. The first-order valence-electron chi connectivity index (χ1n) is 21.1. The number of carbonyl (C=O) groups excluding carboxylic acids is 7. The fourth-order valence-corrected chi connectivity index (χ4v) is 7.55. The first-order valence-corrected chi connectivity index (χ1v) is 21.5. The van der Waals surface area contributed by atoms with Crippen LogP contribution in [0.1, 0.15) is 60.6 Å². The number of H-pyrrole nitrogens is 1. The number of Topliss-reactive ketones (excluding diaryl/α,β-unsaturated/α-hetero) is 1. The molecule has 0 radical (unpaired) electrons. The number of aromatic hydroxyl groups is 2. The maximum atomic E-state index is 14.6. The number of hydrogen-bond donors (Lipinski definition) is 9. The van der Waals surface area contributed by atoms with Crippen LogP contribution >= 0.6 is 11.6 Å². The number of carbonyl (C=O) groups is 7. The summed E-state index contributed by atoms with van der Waals surface area (Å²) in [4.78, 5) is 97.1. The van der Waals surface area contributed by atoms with Gasteiger partial charge >= 0.3 is 0 Å². The van der Waals surface area contributed by atoms with E-state index in [1.165, 1.54) is 69.6 Å². The van der Waals surface area contributed by atoms with E-state index in [4.69, 9.17) is 17.3 Å². The van der Waals surface area contributed by atoms with Crippen molar-refractivity contribution in [1.82, 2.24) is 36.4 Å². The summed E-state index contributed by atoms with van der Waals surface area (Å²) in [5, 5.41) is 41.9. The zero-order chi connectivity index (χ0) is 47.7. The largest absolute Gasteiger partial charge is 0.507 e. The zero-order valence-electron chi connectivity index (χ0n) is 36.3. The Bertz CT molecular complexity index is 2610. The maximum Gasteiger partial charge on any atom is 0.295 e. The molecule has 4 aromatic carbocycles. The van der Waals surface area contributed by atoms with Crippen LogP contribution in [0.15, 0.2) is 97.2 Å². The molecule has 10 N–H and O–H groups in total. The lowest BCUT2D eigenvalue weighted by Crippen LogP contribution is -2.57. The highest BCUT2D eigenvalue weighted by Crippen LogP contribution is 2.39. The Morgan fingerprint density at radius 1 is 0.848 bits per heavy atom. The topological polar surface area (TPSA) is 278 Å². The van der Waals surface area contributed by atoms with Crippen molar-refractivity contribution >= 4 is 58.6 Å². The summed E-state index contributed by atoms with van der Waals surface area (Å²) in [6.45, 7) is 2.99. The van der Waals surface area contributed by atoms with Crippen LogP contribution in [0.2, 0.25) is 5.02 Å². The second kappa shape index (κ2) is 21.4. The molecule has 5 aromatic rings. The van der Waals surface area contributed by atoms with E-state index in [1.54, 1.807) is 36.4 Å². The molecule has 1 aromatic heterocycles. The molecule has 344 valence electrons. The van der Waals surface area contributed by atoms with Gasteiger partial charge in [0, 0.05) is 41.2 Å². The van der Waals surface area contributed by atoms with Crippen LogP contribution in [-0.4, -0.2) is 104 Å². The number of unbranched alkanes of at least 4 members (excludes halogenated alkanes) is 1. The number of phenolic OH excluding ortho intramolecular Hbond substituents is 2. The fourth-order valence-electron chi connectivity index (χ4n) is 7.42. The monoisotopic (exact) mass is 919 g/mol. The van der Waals surface area contributed by atoms with E-state index in [9.17, 15) is 43.8 Å². The number of halogens is 1. The van der Waals surface area contributed by atoms with Gasteiger partial charge in [0.25, 0.3) is 11.8 Å². The molecule has 18 nitrogen and oxygen atoms in total. The van der Waals surface area contributed by atoms with Gasteiger partial charge in [-0.25, -0.2) is 0 Å². The molecule has 0 saturated carbocycles. The molecule has 0 saturated heterocycles. The van der Waals surface area contributed by atoms with Crippen molar-refractivity contribution in [3.8, 4) is 33.8 Å². The van der Waals surface area contributed by atoms with Crippen LogP contribution in [-0.2, 0) is 35.2 Å². The van der Waals surface area contributed by atoms with Crippen LogP contribution < -0.4 is 32.3 Å². The molecule has 2 heterocycles. The van der Waals surface area contributed by atoms with Crippen molar-refractivity contribution in [2.45, 2.75) is 69.7 Å². The molecule has 5 atom stereocenters. The van der Waals surface area contributed by atoms with Gasteiger partial charge in [-0.15, -0.1) is 0 Å². The standard InChI is InChI=1S/C47H50ClN9O9/c1-25(41(60)46(65)55-39-19-21-50-56-39)51-44(63)36-23-27-7-17-37(58)33(22-27)34-24-31(14-18-38(34)59)40(45(64)52-26(2)42(61)54-36)57(3)47(66)35(6-4-5-20-49)53-43(62)30-10-8-28(9-11-30)29-12-15-32(48)16-13-29/h7-19,21-22,24-26,35-36,40,58-59H,4-6,20,23,49H2,1-3H3,(H,51,63)(H,52,64)(H,53,62)(H,54,61)(H2,50,55,56,65)/t25-,26-,35-,36-,40-/m0/s1. The van der Waals surface area contributed by atoms with Crippen LogP contribution in [0.3, 0.4) is 0 Å². The Hall–Kier alpha value is -7.57. The minimum absolute atomic E-state index is 0.0676. The molecular weight excluding hydrogens is 870 g/mol. The van der Waals surface area contributed by atoms with Gasteiger partial charge in [0.1, 0.15) is 41.5 Å². The summed E-state index contributed by atoms with van der Waals surface area (Å²) in [7, 11) is 1.37. The van der Waals surface area contributed by atoms with Gasteiger partial charge in [-0.1, -0.05) is 48.0 Å². The average molecular weight is 920 g/mol. The number of nitrogens with two attached hydrogens (primary N) is 1. The van der Waals surface area contributed by atoms with Crippen LogP contribution in [0.25, 0.3) is 22.3 Å². The van der Waals surface area contributed by atoms with Crippen molar-refractivity contribution in [3.05, 3.63) is 119 Å². The normalized spacial score (nSPS) is 16.9. The summed E-state index contributed by atoms with van der Waals surface area (Å²) in [5.74, 6) is -6.17. The number of phenols is 2. The molecule has 19 heteroatoms. The fraction of sp³-hybridized carbons (Fsp3) is 0.277. The van der Waals surface area contributed by atoms with Gasteiger partial charge < -0.3 is 47.4 Å². The summed E-state index contributed by atoms with van der Waals surface area (Å²) >= 11 is 6.05.